The van der Waals surface area contributed by atoms with E-state index in [2.05, 4.69) is 137 Å². The van der Waals surface area contributed by atoms with Crippen LogP contribution in [0.3, 0.4) is 0 Å². The van der Waals surface area contributed by atoms with Crippen molar-refractivity contribution < 1.29 is 64.4 Å². The minimum absolute atomic E-state index is 0.000230. The number of carbonyl (C=O) groups is 6. The number of aromatic hydroxyl groups is 2. The number of terminal acetylenes is 1. The number of benzene rings is 6. The van der Waals surface area contributed by atoms with Crippen molar-refractivity contribution in [2.24, 2.45) is 109 Å². The maximum absolute atomic E-state index is 14.3. The number of nitrogens with two attached hydrogens (primary N) is 1. The van der Waals surface area contributed by atoms with Crippen LogP contribution in [0.5, 0.6) is 34.5 Å². The number of halogens is 5. The van der Waals surface area contributed by atoms with Crippen LogP contribution >= 0.6 is 70.5 Å². The highest BCUT2D eigenvalue weighted by Crippen LogP contribution is 2.67. The predicted molar refractivity (Wildman–Crippen MR) is 483 cm³/mol. The Morgan fingerprint density at radius 1 is 0.457 bits per heavy atom. The van der Waals surface area contributed by atoms with Crippen LogP contribution in [0.1, 0.15) is 249 Å². The maximum atomic E-state index is 14.3. The van der Waals surface area contributed by atoms with Gasteiger partial charge in [-0.3, -0.25) is 24.0 Å². The molecule has 0 bridgehead atoms. The molecule has 0 spiro atoms. The molecular formula is C96H127BBr3Cl2NO13. The topological polar surface area (TPSA) is 226 Å². The van der Waals surface area contributed by atoms with Crippen molar-refractivity contribution in [2.75, 3.05) is 40.3 Å². The van der Waals surface area contributed by atoms with Gasteiger partial charge in [0, 0.05) is 76.6 Å². The Morgan fingerprint density at radius 2 is 0.716 bits per heavy atom. The lowest BCUT2D eigenvalue weighted by atomic mass is 9.43. The Morgan fingerprint density at radius 3 is 0.974 bits per heavy atom. The summed E-state index contributed by atoms with van der Waals surface area (Å²) < 4.78 is 27.8. The van der Waals surface area contributed by atoms with E-state index in [0.717, 1.165) is 81.8 Å². The number of rotatable bonds is 20. The molecular weight excluding hydrogens is 1700 g/mol. The van der Waals surface area contributed by atoms with E-state index >= 15 is 0 Å². The molecule has 5 N–H and O–H groups in total. The average molecular weight is 1830 g/mol. The lowest BCUT2D eigenvalue weighted by molar-refractivity contribution is -0.103. The molecule has 632 valence electrons. The Balaban J connectivity index is 0.000000246. The van der Waals surface area contributed by atoms with Crippen molar-refractivity contribution >= 4 is 109 Å². The van der Waals surface area contributed by atoms with E-state index in [-0.39, 0.29) is 123 Å². The van der Waals surface area contributed by atoms with Gasteiger partial charge in [0.1, 0.15) is 35.9 Å². The molecule has 6 aromatic carbocycles. The average Bonchev–Trinajstić information content (AvgIpc) is 0.734. The molecule has 20 heteroatoms. The van der Waals surface area contributed by atoms with Crippen LogP contribution in [0.15, 0.2) is 146 Å². The zero-order valence-electron chi connectivity index (χ0n) is 72.1. The second-order valence-electron chi connectivity index (χ2n) is 35.6. The van der Waals surface area contributed by atoms with Gasteiger partial charge >= 0.3 is 9.15 Å². The molecule has 0 aliphatic heterocycles. The Bertz CT molecular complexity index is 4210. The summed E-state index contributed by atoms with van der Waals surface area (Å²) in [5.74, 6) is 4.79. The van der Waals surface area contributed by atoms with Gasteiger partial charge in [-0.1, -0.05) is 181 Å². The van der Waals surface area contributed by atoms with Crippen LogP contribution < -0.4 is 24.7 Å². The first kappa shape index (κ1) is 96.7. The van der Waals surface area contributed by atoms with Gasteiger partial charge in [-0.05, 0) is 211 Å². The molecule has 116 heavy (non-hydrogen) atoms. The fourth-order valence-electron chi connectivity index (χ4n) is 22.2. The van der Waals surface area contributed by atoms with Gasteiger partial charge in [0.25, 0.3) is 0 Å². The van der Waals surface area contributed by atoms with Crippen molar-refractivity contribution in [3.05, 3.63) is 179 Å². The van der Waals surface area contributed by atoms with Crippen molar-refractivity contribution in [1.82, 2.24) is 0 Å². The summed E-state index contributed by atoms with van der Waals surface area (Å²) in [6.45, 7) is 28.5. The lowest BCUT2D eigenvalue weighted by Gasteiger charge is -2.60. The molecule has 15 atom stereocenters. The molecule has 0 heterocycles. The van der Waals surface area contributed by atoms with E-state index in [9.17, 15) is 39.0 Å². The molecule has 6 fully saturated rings. The van der Waals surface area contributed by atoms with Crippen LogP contribution in [-0.2, 0) is 0 Å². The molecule has 0 saturated heterocycles. The molecule has 0 aromatic heterocycles. The number of fused-ring (bicyclic) bond motifs is 3. The number of carboxylic acid groups (broad SMARTS) is 1. The molecule has 6 aliphatic carbocycles. The number of Topliss-reactive ketones (excluding diaryl/α,β-unsaturated/α-hetero) is 5. The first-order chi connectivity index (χ1) is 55.2. The quantitative estimate of drug-likeness (QED) is 0.0241. The van der Waals surface area contributed by atoms with Crippen LogP contribution in [0.25, 0.3) is 0 Å². The zero-order chi connectivity index (χ0) is 87.1. The molecule has 0 radical (unpaired) electrons. The molecule has 2 unspecified atom stereocenters. The SMILES string of the molecule is BrB(Br)Br.COc1cc(OC)cc(C(=O)[C@H]2[C@H](C)[C@@H](CCC(=O)c3ccccc3)CC3C(C)(C)CCC[C@@]32C)c1.COc1cc(OC)cc(C(=O)[C@H]2[C@H](C)[C@@H](CN)CC3C(C)(C)CCC[C@@]32C)c1.C[C@@H]1[C@@H](CCC(=O)c2ccccc2)C[C@H]2C(C)(C)CCC[C@]2(C)[C@H]1C(=O)c1cc(O)cc(O)c1.ClCCl.O=C(O)c1ccccc1.[2H]C#C. The number of carbonyl (C=O) groups excluding carboxylic acids is 5. The van der Waals surface area contributed by atoms with Crippen LogP contribution in [0.2, 0.25) is 0 Å². The van der Waals surface area contributed by atoms with Crippen molar-refractivity contribution in [3.63, 3.8) is 0 Å². The van der Waals surface area contributed by atoms with E-state index in [4.69, 9.17) is 54.4 Å². The van der Waals surface area contributed by atoms with Crippen LogP contribution in [-0.4, -0.2) is 93.7 Å². The molecule has 6 aliphatic rings. The number of phenols is 2. The molecule has 12 rings (SSSR count). The van der Waals surface area contributed by atoms with E-state index < -0.39 is 5.97 Å². The van der Waals surface area contributed by atoms with Gasteiger partial charge in [-0.2, -0.15) is 0 Å². The van der Waals surface area contributed by atoms with Crippen molar-refractivity contribution in [2.45, 2.75) is 186 Å². The first-order valence-electron chi connectivity index (χ1n) is 41.4. The van der Waals surface area contributed by atoms with Gasteiger partial charge in [0.2, 0.25) is 0 Å². The third-order valence-corrected chi connectivity index (χ3v) is 27.7. The Labute approximate surface area is 729 Å². The summed E-state index contributed by atoms with van der Waals surface area (Å²) in [5.41, 5.74) is 10.1. The summed E-state index contributed by atoms with van der Waals surface area (Å²) in [7, 11) is 6.48. The number of carboxylic acids is 1. The number of ether oxygens (including phenoxy) is 4. The Hall–Kier alpha value is -6.46. The predicted octanol–water partition coefficient (Wildman–Crippen LogP) is 24.9. The normalized spacial score (nSPS) is 27.4. The lowest BCUT2D eigenvalue weighted by Crippen LogP contribution is -2.56. The summed E-state index contributed by atoms with van der Waals surface area (Å²) in [5, 5.41) is 28.7. The fourth-order valence-corrected chi connectivity index (χ4v) is 22.2. The fraction of sp³-hybridized carbons (Fsp3) is 0.542. The van der Waals surface area contributed by atoms with Gasteiger partial charge < -0.3 is 40.0 Å². The first-order valence-corrected chi connectivity index (χ1v) is 44.7. The van der Waals surface area contributed by atoms with Gasteiger partial charge in [-0.25, -0.2) is 4.79 Å². The number of phenolic OH excluding ortho intramolecular Hbond substituents is 2. The van der Waals surface area contributed by atoms with E-state index in [1.807, 2.05) is 97.1 Å². The number of methoxy groups -OCH3 is 4. The standard InChI is InChI=1S/C32H42O4.C30H38O4.C24H37NO3.C7H6O2.C2H2.CH2Cl2.BBr3/c1-21-23(13-14-27(33)22-11-8-7-9-12-22)19-28-31(2,3)15-10-16-32(28,4)29(21)30(34)24-17-25(35-5)20-26(18-24)36-6;1-19-21(11-12-25(33)20-9-6-5-7-10-20)17-26-29(2,3)13-8-14-30(26,4)27(19)28(34)22-15-23(31)18-24(32)16-22;1-15-17(14-25)12-20-23(2,3)8-7-9-24(20,4)21(15)22(26)16-10-18(27-5)13-19(11-16)28-6;8-7(9)6-4-2-1-3-5-6;1-2;2-1-3;2-1(3)4/h7-9,11-12,17-18,20-21,23,28-29H,10,13-16,19H2,1-6H3;5-7,9-10,15-16,18-19,21,26-27,31-32H,8,11-14,17H2,1-4H3;10-11,13,15,17,20-21H,7-9,12,14,25H2,1-6H3;1-5H,(H,8,9);1-2H;1H2;/t21-,23+,28?,29-,32+;19-,21+,26+,27-,30+;15-,17-,20?,21-,24+;;;;/m111..../s1/i;;;;1D;;. The van der Waals surface area contributed by atoms with Crippen molar-refractivity contribution in [1.29, 1.82) is 0 Å². The van der Waals surface area contributed by atoms with Gasteiger partial charge in [0.05, 0.1) is 39.3 Å². The maximum Gasteiger partial charge on any atom is 0.369 e. The highest BCUT2D eigenvalue weighted by molar-refractivity contribution is 9.69. The number of alkyl halides is 2. The number of aromatic carboxylic acids is 1. The molecule has 6 saturated carbocycles. The van der Waals surface area contributed by atoms with Crippen LogP contribution in [0, 0.1) is 116 Å². The smallest absolute Gasteiger partial charge is 0.369 e. The number of hydrogen-bond acceptors (Lipinski definition) is 13. The molecule has 14 nitrogen and oxygen atoms in total. The minimum Gasteiger partial charge on any atom is -0.508 e. The zero-order valence-corrected chi connectivity index (χ0v) is 77.3. The third-order valence-electron chi connectivity index (χ3n) is 27.7. The minimum atomic E-state index is -0.879. The van der Waals surface area contributed by atoms with Gasteiger partial charge in [0.15, 0.2) is 28.9 Å². The summed E-state index contributed by atoms with van der Waals surface area (Å²) in [6, 6.07) is 42.6. The number of ketones is 5. The van der Waals surface area contributed by atoms with E-state index in [1.54, 1.807) is 58.8 Å². The monoisotopic (exact) mass is 1820 g/mol. The summed E-state index contributed by atoms with van der Waals surface area (Å²) in [4.78, 5) is 78.3. The van der Waals surface area contributed by atoms with Crippen molar-refractivity contribution in [3.8, 4) is 47.3 Å². The van der Waals surface area contributed by atoms with Gasteiger partial charge in [-0.15, -0.1) is 83.3 Å². The molecule has 6 aromatic rings. The van der Waals surface area contributed by atoms with Crippen LogP contribution in [0.4, 0.5) is 0 Å². The number of hydrogen-bond donors (Lipinski definition) is 4. The Kier molecular flexibility index (Phi) is 36.8. The molecule has 0 amide bonds. The second kappa shape index (κ2) is 44.2. The highest BCUT2D eigenvalue weighted by Gasteiger charge is 2.61. The third kappa shape index (κ3) is 24.4. The second-order valence-corrected chi connectivity index (χ2v) is 42.9. The summed E-state index contributed by atoms with van der Waals surface area (Å²) >= 11 is 18.8. The highest BCUT2D eigenvalue weighted by atomic mass is 79.9. The summed E-state index contributed by atoms with van der Waals surface area (Å²) in [6.07, 6.45) is 21.8. The largest absolute Gasteiger partial charge is 0.508 e. The van der Waals surface area contributed by atoms with E-state index in [0.29, 0.717) is 94.2 Å². The van der Waals surface area contributed by atoms with E-state index in [1.165, 1.54) is 43.9 Å².